The van der Waals surface area contributed by atoms with Crippen molar-refractivity contribution in [1.82, 2.24) is 10.2 Å². The van der Waals surface area contributed by atoms with Crippen LogP contribution < -0.4 is 10.0 Å². The van der Waals surface area contributed by atoms with Crippen LogP contribution in [0.1, 0.15) is 23.2 Å². The summed E-state index contributed by atoms with van der Waals surface area (Å²) < 4.78 is 28.3. The van der Waals surface area contributed by atoms with Crippen LogP contribution >= 0.6 is 15.9 Å². The molecule has 1 aliphatic heterocycles. The van der Waals surface area contributed by atoms with Gasteiger partial charge in [-0.2, -0.15) is 0 Å². The molecular weight excluding hydrogens is 470 g/mol. The summed E-state index contributed by atoms with van der Waals surface area (Å²) >= 11 is 3.27. The van der Waals surface area contributed by atoms with Gasteiger partial charge >= 0.3 is 0 Å². The fourth-order valence-corrected chi connectivity index (χ4v) is 4.57. The molecule has 0 radical (unpaired) electrons. The van der Waals surface area contributed by atoms with E-state index in [0.29, 0.717) is 30.8 Å². The molecule has 0 aliphatic carbocycles. The number of anilines is 1. The minimum Gasteiger partial charge on any atom is -0.351 e. The van der Waals surface area contributed by atoms with Crippen LogP contribution in [-0.2, 0) is 14.8 Å². The van der Waals surface area contributed by atoms with Gasteiger partial charge in [-0.15, -0.1) is 6.58 Å². The Morgan fingerprint density at radius 1 is 1.13 bits per heavy atom. The fraction of sp³-hybridized carbons (Fsp3) is 0.238. The van der Waals surface area contributed by atoms with Gasteiger partial charge in [0.2, 0.25) is 5.91 Å². The number of benzene rings is 2. The minimum atomic E-state index is -3.73. The molecule has 0 saturated carbocycles. The zero-order chi connectivity index (χ0) is 21.7. The van der Waals surface area contributed by atoms with Gasteiger partial charge in [-0.25, -0.2) is 8.42 Å². The van der Waals surface area contributed by atoms with Crippen molar-refractivity contribution in [3.05, 3.63) is 71.2 Å². The zero-order valence-corrected chi connectivity index (χ0v) is 18.6. The average molecular weight is 492 g/mol. The molecule has 3 rings (SSSR count). The van der Waals surface area contributed by atoms with E-state index in [4.69, 9.17) is 0 Å². The second kappa shape index (κ2) is 9.44. The molecule has 7 nitrogen and oxygen atoms in total. The summed E-state index contributed by atoms with van der Waals surface area (Å²) in [6, 6.07) is 12.0. The molecule has 1 fully saturated rings. The molecule has 0 bridgehead atoms. The number of hydrogen-bond acceptors (Lipinski definition) is 4. The van der Waals surface area contributed by atoms with Crippen molar-refractivity contribution in [3.63, 3.8) is 0 Å². The highest BCUT2D eigenvalue weighted by atomic mass is 79.9. The molecule has 9 heteroatoms. The first kappa shape index (κ1) is 22.0. The smallest absolute Gasteiger partial charge is 0.261 e. The second-order valence-electron chi connectivity index (χ2n) is 6.83. The lowest BCUT2D eigenvalue weighted by molar-refractivity contribution is -0.124. The van der Waals surface area contributed by atoms with E-state index in [2.05, 4.69) is 32.5 Å². The van der Waals surface area contributed by atoms with Gasteiger partial charge in [0.25, 0.3) is 15.9 Å². The molecule has 2 N–H and O–H groups in total. The number of amides is 2. The van der Waals surface area contributed by atoms with Crippen LogP contribution in [0, 0.1) is 0 Å². The van der Waals surface area contributed by atoms with Crippen LogP contribution in [0.5, 0.6) is 0 Å². The van der Waals surface area contributed by atoms with E-state index in [-0.39, 0.29) is 16.7 Å². The maximum absolute atomic E-state index is 12.9. The molecule has 2 aromatic rings. The van der Waals surface area contributed by atoms with E-state index in [1.807, 2.05) is 0 Å². The molecule has 158 valence electrons. The lowest BCUT2D eigenvalue weighted by atomic mass is 10.1. The van der Waals surface area contributed by atoms with Crippen molar-refractivity contribution in [2.45, 2.75) is 23.8 Å². The molecule has 30 heavy (non-hydrogen) atoms. The molecular formula is C21H22BrN3O4S. The third kappa shape index (κ3) is 5.09. The van der Waals surface area contributed by atoms with Crippen LogP contribution in [0.2, 0.25) is 0 Å². The monoisotopic (exact) mass is 491 g/mol. The lowest BCUT2D eigenvalue weighted by Gasteiger charge is -2.24. The standard InChI is InChI=1S/C21H22BrN3O4S/c1-2-13-23-20(26)19-4-3-14-25(19)21(27)15-5-9-17(10-6-15)24-30(28,29)18-11-7-16(22)8-12-18/h2,5-12,19,24H,1,3-4,13-14H2,(H,23,26)/t19-/m0/s1. The van der Waals surface area contributed by atoms with Crippen LogP contribution in [-0.4, -0.2) is 44.3 Å². The molecule has 2 aromatic carbocycles. The van der Waals surface area contributed by atoms with Gasteiger partial charge in [0.05, 0.1) is 4.90 Å². The molecule has 1 atom stereocenters. The van der Waals surface area contributed by atoms with Gasteiger partial charge in [0.15, 0.2) is 0 Å². The number of likely N-dealkylation sites (tertiary alicyclic amines) is 1. The fourth-order valence-electron chi connectivity index (χ4n) is 3.25. The Labute approximate surface area is 184 Å². The Balaban J connectivity index is 1.70. The number of rotatable bonds is 7. The summed E-state index contributed by atoms with van der Waals surface area (Å²) in [7, 11) is -3.73. The molecule has 1 heterocycles. The van der Waals surface area contributed by atoms with Gasteiger partial charge in [-0.3, -0.25) is 14.3 Å². The predicted octanol–water partition coefficient (Wildman–Crippen LogP) is 3.16. The number of carbonyl (C=O) groups excluding carboxylic acids is 2. The minimum absolute atomic E-state index is 0.135. The van der Waals surface area contributed by atoms with Crippen molar-refractivity contribution >= 4 is 43.5 Å². The third-order valence-electron chi connectivity index (χ3n) is 4.74. The summed E-state index contributed by atoms with van der Waals surface area (Å²) in [6.45, 7) is 4.43. The van der Waals surface area contributed by atoms with E-state index in [1.165, 1.54) is 24.3 Å². The molecule has 0 aromatic heterocycles. The van der Waals surface area contributed by atoms with Crippen molar-refractivity contribution in [2.75, 3.05) is 17.8 Å². The van der Waals surface area contributed by atoms with Gasteiger partial charge in [0.1, 0.15) is 6.04 Å². The SMILES string of the molecule is C=CCNC(=O)[C@@H]1CCCN1C(=O)c1ccc(NS(=O)(=O)c2ccc(Br)cc2)cc1. The first-order valence-electron chi connectivity index (χ1n) is 9.40. The van der Waals surface area contributed by atoms with E-state index >= 15 is 0 Å². The molecule has 0 unspecified atom stereocenters. The topological polar surface area (TPSA) is 95.6 Å². The van der Waals surface area contributed by atoms with Gasteiger partial charge in [-0.1, -0.05) is 22.0 Å². The Hall–Kier alpha value is -2.65. The summed E-state index contributed by atoms with van der Waals surface area (Å²) in [6.07, 6.45) is 2.95. The Morgan fingerprint density at radius 2 is 1.80 bits per heavy atom. The summed E-state index contributed by atoms with van der Waals surface area (Å²) in [4.78, 5) is 26.8. The largest absolute Gasteiger partial charge is 0.351 e. The maximum atomic E-state index is 12.9. The van der Waals surface area contributed by atoms with Crippen molar-refractivity contribution in [3.8, 4) is 0 Å². The molecule has 1 saturated heterocycles. The number of nitrogens with zero attached hydrogens (tertiary/aromatic N) is 1. The van der Waals surface area contributed by atoms with Gasteiger partial charge in [0, 0.05) is 28.8 Å². The number of hydrogen-bond donors (Lipinski definition) is 2. The van der Waals surface area contributed by atoms with Crippen LogP contribution in [0.3, 0.4) is 0 Å². The van der Waals surface area contributed by atoms with Crippen LogP contribution in [0.4, 0.5) is 5.69 Å². The van der Waals surface area contributed by atoms with E-state index in [0.717, 1.165) is 10.9 Å². The van der Waals surface area contributed by atoms with Crippen LogP contribution in [0.25, 0.3) is 0 Å². The highest BCUT2D eigenvalue weighted by molar-refractivity contribution is 9.10. The number of carbonyl (C=O) groups is 2. The van der Waals surface area contributed by atoms with E-state index < -0.39 is 16.1 Å². The summed E-state index contributed by atoms with van der Waals surface area (Å²) in [5.41, 5.74) is 0.737. The third-order valence-corrected chi connectivity index (χ3v) is 6.67. The van der Waals surface area contributed by atoms with E-state index in [9.17, 15) is 18.0 Å². The van der Waals surface area contributed by atoms with Crippen molar-refractivity contribution in [2.24, 2.45) is 0 Å². The van der Waals surface area contributed by atoms with Crippen molar-refractivity contribution in [1.29, 1.82) is 0 Å². The summed E-state index contributed by atoms with van der Waals surface area (Å²) in [5, 5.41) is 2.73. The molecule has 1 aliphatic rings. The Kier molecular flexibility index (Phi) is 6.94. The zero-order valence-electron chi connectivity index (χ0n) is 16.2. The first-order chi connectivity index (χ1) is 14.3. The number of sulfonamides is 1. The van der Waals surface area contributed by atoms with E-state index in [1.54, 1.807) is 35.2 Å². The Bertz CT molecular complexity index is 1040. The Morgan fingerprint density at radius 3 is 2.43 bits per heavy atom. The first-order valence-corrected chi connectivity index (χ1v) is 11.7. The lowest BCUT2D eigenvalue weighted by Crippen LogP contribution is -2.46. The number of halogens is 1. The second-order valence-corrected chi connectivity index (χ2v) is 9.43. The highest BCUT2D eigenvalue weighted by Crippen LogP contribution is 2.23. The molecule has 0 spiro atoms. The van der Waals surface area contributed by atoms with Gasteiger partial charge < -0.3 is 10.2 Å². The quantitative estimate of drug-likeness (QED) is 0.581. The number of nitrogens with one attached hydrogen (secondary N) is 2. The van der Waals surface area contributed by atoms with Crippen LogP contribution in [0.15, 0.2) is 70.6 Å². The van der Waals surface area contributed by atoms with Gasteiger partial charge in [-0.05, 0) is 61.4 Å². The van der Waals surface area contributed by atoms with Crippen molar-refractivity contribution < 1.29 is 18.0 Å². The summed E-state index contributed by atoms with van der Waals surface area (Å²) in [5.74, 6) is -0.451. The predicted molar refractivity (Wildman–Crippen MR) is 119 cm³/mol. The molecule has 2 amide bonds. The normalized spacial score (nSPS) is 16.2. The highest BCUT2D eigenvalue weighted by Gasteiger charge is 2.34. The average Bonchev–Trinajstić information content (AvgIpc) is 3.22. The maximum Gasteiger partial charge on any atom is 0.261 e.